The van der Waals surface area contributed by atoms with Crippen LogP contribution in [0.5, 0.6) is 5.75 Å². The zero-order chi connectivity index (χ0) is 20.6. The lowest BCUT2D eigenvalue weighted by atomic mass is 10.2. The summed E-state index contributed by atoms with van der Waals surface area (Å²) >= 11 is 3.77. The summed E-state index contributed by atoms with van der Waals surface area (Å²) in [5.41, 5.74) is 8.26. The summed E-state index contributed by atoms with van der Waals surface area (Å²) in [7, 11) is -3.29. The molecule has 0 fully saturated rings. The van der Waals surface area contributed by atoms with Crippen molar-refractivity contribution >= 4 is 61.4 Å². The number of nitrogens with zero attached hydrogens (tertiary/aromatic N) is 4. The SMILES string of the molecule is CCS(=O)(=O)NCCn1c(Sc2cc3c(cc2I)CCO3)nc2c(N)ncnc21. The molecule has 1 aliphatic heterocycles. The van der Waals surface area contributed by atoms with Crippen LogP contribution >= 0.6 is 34.4 Å². The van der Waals surface area contributed by atoms with Gasteiger partial charge in [0.15, 0.2) is 22.1 Å². The summed E-state index contributed by atoms with van der Waals surface area (Å²) in [6.07, 6.45) is 2.30. The average Bonchev–Trinajstić information content (AvgIpc) is 3.27. The van der Waals surface area contributed by atoms with Crippen molar-refractivity contribution in [1.29, 1.82) is 0 Å². The lowest BCUT2D eigenvalue weighted by Gasteiger charge is -2.11. The molecule has 12 heteroatoms. The fraction of sp³-hybridized carbons (Fsp3) is 0.353. The van der Waals surface area contributed by atoms with E-state index in [1.807, 2.05) is 10.6 Å². The van der Waals surface area contributed by atoms with E-state index in [1.165, 1.54) is 23.7 Å². The van der Waals surface area contributed by atoms with E-state index in [9.17, 15) is 8.42 Å². The van der Waals surface area contributed by atoms with Crippen molar-refractivity contribution in [3.8, 4) is 5.75 Å². The number of ether oxygens (including phenoxy) is 1. The Morgan fingerprint density at radius 1 is 1.38 bits per heavy atom. The van der Waals surface area contributed by atoms with Gasteiger partial charge in [-0.3, -0.25) is 0 Å². The highest BCUT2D eigenvalue weighted by atomic mass is 127. The van der Waals surface area contributed by atoms with Crippen molar-refractivity contribution in [3.63, 3.8) is 0 Å². The minimum atomic E-state index is -3.29. The number of rotatable bonds is 7. The molecule has 154 valence electrons. The Kier molecular flexibility index (Phi) is 5.86. The van der Waals surface area contributed by atoms with E-state index in [0.29, 0.717) is 29.5 Å². The molecule has 0 atom stereocenters. The first-order valence-electron chi connectivity index (χ1n) is 8.95. The molecular formula is C17H19IN6O3S2. The van der Waals surface area contributed by atoms with Crippen LogP contribution in [-0.2, 0) is 23.0 Å². The fourth-order valence-electron chi connectivity index (χ4n) is 2.98. The van der Waals surface area contributed by atoms with Gasteiger partial charge in [-0.25, -0.2) is 28.1 Å². The number of nitrogens with two attached hydrogens (primary N) is 1. The molecule has 9 nitrogen and oxygen atoms in total. The van der Waals surface area contributed by atoms with E-state index in [0.717, 1.165) is 20.6 Å². The second kappa shape index (κ2) is 8.24. The summed E-state index contributed by atoms with van der Waals surface area (Å²) in [6.45, 7) is 2.89. The van der Waals surface area contributed by atoms with Crippen LogP contribution in [0.1, 0.15) is 12.5 Å². The van der Waals surface area contributed by atoms with Gasteiger partial charge < -0.3 is 15.0 Å². The number of hydrogen-bond acceptors (Lipinski definition) is 8. The van der Waals surface area contributed by atoms with Crippen molar-refractivity contribution in [2.75, 3.05) is 24.6 Å². The van der Waals surface area contributed by atoms with Crippen LogP contribution in [0, 0.1) is 3.57 Å². The fourth-order valence-corrected chi connectivity index (χ4v) is 5.39. The van der Waals surface area contributed by atoms with Gasteiger partial charge in [0.25, 0.3) is 0 Å². The number of aromatic nitrogens is 4. The van der Waals surface area contributed by atoms with Gasteiger partial charge in [0.05, 0.1) is 12.4 Å². The number of sulfonamides is 1. The molecular weight excluding hydrogens is 527 g/mol. The first-order valence-corrected chi connectivity index (χ1v) is 12.5. The van der Waals surface area contributed by atoms with E-state index >= 15 is 0 Å². The lowest BCUT2D eigenvalue weighted by molar-refractivity contribution is 0.356. The van der Waals surface area contributed by atoms with Crippen LogP contribution < -0.4 is 15.2 Å². The van der Waals surface area contributed by atoms with Gasteiger partial charge in [-0.2, -0.15) is 0 Å². The standard InChI is InChI=1S/C17H19IN6O3S2/c1-2-29(25,26)22-4-5-24-16-14(15(19)20-9-21-16)23-17(24)28-13-8-12-10(3-6-27-12)7-11(13)18/h7-9,22H,2-6H2,1H3,(H2,19,20,21). The first-order chi connectivity index (χ1) is 13.9. The Morgan fingerprint density at radius 3 is 3.00 bits per heavy atom. The molecule has 0 spiro atoms. The van der Waals surface area contributed by atoms with Crippen molar-refractivity contribution < 1.29 is 13.2 Å². The quantitative estimate of drug-likeness (QED) is 0.432. The molecule has 3 aromatic rings. The third kappa shape index (κ3) is 4.29. The maximum atomic E-state index is 11.8. The van der Waals surface area contributed by atoms with Crippen LogP contribution in [0.3, 0.4) is 0 Å². The summed E-state index contributed by atoms with van der Waals surface area (Å²) in [6, 6.07) is 4.15. The van der Waals surface area contributed by atoms with Crippen molar-refractivity contribution in [2.45, 2.75) is 29.9 Å². The Bertz CT molecular complexity index is 1180. The number of fused-ring (bicyclic) bond motifs is 2. The molecule has 29 heavy (non-hydrogen) atoms. The van der Waals surface area contributed by atoms with E-state index in [1.54, 1.807) is 6.92 Å². The largest absolute Gasteiger partial charge is 0.493 e. The van der Waals surface area contributed by atoms with E-state index < -0.39 is 10.0 Å². The van der Waals surface area contributed by atoms with E-state index in [4.69, 9.17) is 10.5 Å². The van der Waals surface area contributed by atoms with Gasteiger partial charge in [-0.1, -0.05) is 11.8 Å². The number of anilines is 1. The molecule has 0 saturated heterocycles. The van der Waals surface area contributed by atoms with Crippen molar-refractivity contribution in [1.82, 2.24) is 24.2 Å². The van der Waals surface area contributed by atoms with Crippen LogP contribution in [0.25, 0.3) is 11.2 Å². The maximum Gasteiger partial charge on any atom is 0.211 e. The number of hydrogen-bond donors (Lipinski definition) is 2. The highest BCUT2D eigenvalue weighted by molar-refractivity contribution is 14.1. The van der Waals surface area contributed by atoms with Crippen LogP contribution in [0.2, 0.25) is 0 Å². The molecule has 3 N–H and O–H groups in total. The molecule has 0 aliphatic carbocycles. The number of benzene rings is 1. The highest BCUT2D eigenvalue weighted by Crippen LogP contribution is 2.38. The minimum absolute atomic E-state index is 0.0295. The molecule has 3 heterocycles. The molecule has 2 aromatic heterocycles. The summed E-state index contributed by atoms with van der Waals surface area (Å²) in [5.74, 6) is 1.21. The van der Waals surface area contributed by atoms with Crippen LogP contribution in [-0.4, -0.2) is 46.8 Å². The number of imidazole rings is 1. The lowest BCUT2D eigenvalue weighted by Crippen LogP contribution is -2.28. The molecule has 0 radical (unpaired) electrons. The van der Waals surface area contributed by atoms with Gasteiger partial charge in [-0.05, 0) is 47.2 Å². The Labute approximate surface area is 186 Å². The smallest absolute Gasteiger partial charge is 0.211 e. The Balaban J connectivity index is 1.69. The number of halogens is 1. The van der Waals surface area contributed by atoms with Crippen molar-refractivity contribution in [3.05, 3.63) is 27.6 Å². The summed E-state index contributed by atoms with van der Waals surface area (Å²) < 4.78 is 34.8. The Morgan fingerprint density at radius 2 is 2.21 bits per heavy atom. The Hall–Kier alpha value is -1.64. The maximum absolute atomic E-state index is 11.8. The minimum Gasteiger partial charge on any atom is -0.493 e. The molecule has 1 aromatic carbocycles. The monoisotopic (exact) mass is 546 g/mol. The summed E-state index contributed by atoms with van der Waals surface area (Å²) in [5, 5.41) is 0.666. The van der Waals surface area contributed by atoms with Crippen molar-refractivity contribution in [2.24, 2.45) is 0 Å². The molecule has 0 amide bonds. The first kappa shape index (κ1) is 20.6. The third-order valence-electron chi connectivity index (χ3n) is 4.51. The van der Waals surface area contributed by atoms with Crippen LogP contribution in [0.4, 0.5) is 5.82 Å². The third-order valence-corrected chi connectivity index (χ3v) is 8.22. The molecule has 1 aliphatic rings. The molecule has 4 rings (SSSR count). The van der Waals surface area contributed by atoms with E-state index in [-0.39, 0.29) is 18.1 Å². The average molecular weight is 546 g/mol. The summed E-state index contributed by atoms with van der Waals surface area (Å²) in [4.78, 5) is 14.0. The van der Waals surface area contributed by atoms with E-state index in [2.05, 4.69) is 48.3 Å². The van der Waals surface area contributed by atoms with Gasteiger partial charge in [0.1, 0.15) is 12.1 Å². The van der Waals surface area contributed by atoms with Gasteiger partial charge in [0, 0.05) is 28.0 Å². The van der Waals surface area contributed by atoms with Gasteiger partial charge >= 0.3 is 0 Å². The highest BCUT2D eigenvalue weighted by Gasteiger charge is 2.20. The second-order valence-corrected chi connectivity index (χ2v) is 10.6. The van der Waals surface area contributed by atoms with Gasteiger partial charge in [-0.15, -0.1) is 0 Å². The molecule has 0 bridgehead atoms. The second-order valence-electron chi connectivity index (χ2n) is 6.37. The molecule has 0 saturated carbocycles. The predicted octanol–water partition coefficient (Wildman–Crippen LogP) is 2.04. The number of nitrogen functional groups attached to an aromatic ring is 1. The van der Waals surface area contributed by atoms with Gasteiger partial charge in [0.2, 0.25) is 10.0 Å². The topological polar surface area (TPSA) is 125 Å². The number of nitrogens with one attached hydrogen (secondary N) is 1. The molecule has 0 unspecified atom stereocenters. The zero-order valence-corrected chi connectivity index (χ0v) is 19.3. The zero-order valence-electron chi connectivity index (χ0n) is 15.6. The normalized spacial score (nSPS) is 13.6. The predicted molar refractivity (Wildman–Crippen MR) is 120 cm³/mol. The van der Waals surface area contributed by atoms with Crippen LogP contribution in [0.15, 0.2) is 28.5 Å².